The Morgan fingerprint density at radius 2 is 0.929 bits per heavy atom. The minimum Gasteiger partial charge on any atom is -0.456 e. The fraction of sp³-hybridized carbons (Fsp3) is 0. The number of aromatic nitrogens is 2. The second-order valence-corrected chi connectivity index (χ2v) is 14.9. The summed E-state index contributed by atoms with van der Waals surface area (Å²) in [7, 11) is 0. The van der Waals surface area contributed by atoms with E-state index in [1.54, 1.807) is 0 Å². The maximum absolute atomic E-state index is 6.34. The molecule has 0 N–H and O–H groups in total. The minimum absolute atomic E-state index is 0.880. The van der Waals surface area contributed by atoms with Gasteiger partial charge in [0.15, 0.2) is 0 Å². The number of hydrogen-bond donors (Lipinski definition) is 0. The first-order valence-electron chi connectivity index (χ1n) is 19.2. The molecule has 0 aliphatic heterocycles. The lowest BCUT2D eigenvalue weighted by molar-refractivity contribution is 0.669. The predicted molar refractivity (Wildman–Crippen MR) is 234 cm³/mol. The van der Waals surface area contributed by atoms with Crippen LogP contribution in [0.4, 0.5) is 17.1 Å². The quantitative estimate of drug-likeness (QED) is 0.170. The fourth-order valence-electron chi connectivity index (χ4n) is 9.60. The summed E-state index contributed by atoms with van der Waals surface area (Å²) in [6.07, 6.45) is 0. The van der Waals surface area contributed by atoms with Crippen molar-refractivity contribution in [2.24, 2.45) is 0 Å². The first-order chi connectivity index (χ1) is 27.8. The number of benzene rings is 9. The van der Waals surface area contributed by atoms with Gasteiger partial charge in [-0.3, -0.25) is 0 Å². The fourth-order valence-corrected chi connectivity index (χ4v) is 9.60. The molecule has 56 heavy (non-hydrogen) atoms. The largest absolute Gasteiger partial charge is 0.456 e. The molecule has 0 bridgehead atoms. The van der Waals surface area contributed by atoms with Gasteiger partial charge in [0.25, 0.3) is 0 Å². The van der Waals surface area contributed by atoms with Crippen LogP contribution in [0.25, 0.3) is 98.5 Å². The van der Waals surface area contributed by atoms with E-state index in [4.69, 9.17) is 4.42 Å². The molecule has 13 rings (SSSR count). The molecule has 0 amide bonds. The Balaban J connectivity index is 1.17. The zero-order valence-corrected chi connectivity index (χ0v) is 30.1. The van der Waals surface area contributed by atoms with Crippen molar-refractivity contribution in [3.8, 4) is 11.1 Å². The van der Waals surface area contributed by atoms with Gasteiger partial charge >= 0.3 is 0 Å². The number of fused-ring (bicyclic) bond motifs is 13. The molecule has 0 saturated carbocycles. The van der Waals surface area contributed by atoms with E-state index < -0.39 is 0 Å². The van der Waals surface area contributed by atoms with Crippen molar-refractivity contribution >= 4 is 104 Å². The molecule has 0 fully saturated rings. The molecule has 0 unspecified atom stereocenters. The van der Waals surface area contributed by atoms with Crippen LogP contribution in [0, 0.1) is 0 Å². The highest BCUT2D eigenvalue weighted by Crippen LogP contribution is 2.46. The number of anilines is 3. The first-order valence-corrected chi connectivity index (χ1v) is 19.2. The van der Waals surface area contributed by atoms with Crippen LogP contribution in [0.15, 0.2) is 192 Å². The normalized spacial score (nSPS) is 12.3. The average molecular weight is 714 g/mol. The highest BCUT2D eigenvalue weighted by Gasteiger charge is 2.24. The van der Waals surface area contributed by atoms with Crippen molar-refractivity contribution < 1.29 is 4.42 Å². The molecule has 4 nitrogen and oxygen atoms in total. The summed E-state index contributed by atoms with van der Waals surface area (Å²) in [5.41, 5.74) is 14.6. The molecule has 0 saturated heterocycles. The van der Waals surface area contributed by atoms with E-state index >= 15 is 0 Å². The Labute approximate surface area is 320 Å². The molecule has 0 atom stereocenters. The van der Waals surface area contributed by atoms with Gasteiger partial charge < -0.3 is 18.1 Å². The highest BCUT2D eigenvalue weighted by atomic mass is 16.3. The molecule has 0 aliphatic rings. The molecule has 0 spiro atoms. The van der Waals surface area contributed by atoms with Crippen molar-refractivity contribution in [2.75, 3.05) is 4.90 Å². The summed E-state index contributed by atoms with van der Waals surface area (Å²) in [5.74, 6) is 0. The van der Waals surface area contributed by atoms with Crippen molar-refractivity contribution in [3.63, 3.8) is 0 Å². The molecular weight excluding hydrogens is 683 g/mol. The van der Waals surface area contributed by atoms with E-state index in [1.165, 1.54) is 71.0 Å². The van der Waals surface area contributed by atoms with Crippen LogP contribution in [0.2, 0.25) is 0 Å². The number of nitrogens with zero attached hydrogens (tertiary/aromatic N) is 3. The van der Waals surface area contributed by atoms with Crippen molar-refractivity contribution in [2.45, 2.75) is 0 Å². The average Bonchev–Trinajstić information content (AvgIpc) is 3.92. The van der Waals surface area contributed by atoms with Gasteiger partial charge in [-0.25, -0.2) is 0 Å². The predicted octanol–water partition coefficient (Wildman–Crippen LogP) is 14.4. The zero-order chi connectivity index (χ0) is 36.5. The van der Waals surface area contributed by atoms with E-state index in [9.17, 15) is 0 Å². The SMILES string of the molecule is c1ccc(-c2cc(N(c3ccc4oc5ccccc5c4c3)c3ccc4c(c3)n3c5ccccc5c5ccc6c7ccccc7n4c6c53)cc3ccccc23)cc1. The van der Waals surface area contributed by atoms with E-state index in [2.05, 4.69) is 190 Å². The lowest BCUT2D eigenvalue weighted by Gasteiger charge is -2.27. The highest BCUT2D eigenvalue weighted by molar-refractivity contribution is 6.25. The first kappa shape index (κ1) is 29.8. The maximum Gasteiger partial charge on any atom is 0.135 e. The molecule has 260 valence electrons. The van der Waals surface area contributed by atoms with Crippen LogP contribution < -0.4 is 4.90 Å². The Kier molecular flexibility index (Phi) is 5.86. The van der Waals surface area contributed by atoms with Gasteiger partial charge in [-0.2, -0.15) is 0 Å². The number of para-hydroxylation sites is 3. The number of rotatable bonds is 4. The molecule has 13 aromatic rings. The van der Waals surface area contributed by atoms with E-state index in [0.717, 1.165) is 44.5 Å². The second kappa shape index (κ2) is 11.0. The van der Waals surface area contributed by atoms with E-state index in [1.807, 2.05) is 12.1 Å². The molecule has 4 heteroatoms. The maximum atomic E-state index is 6.34. The Morgan fingerprint density at radius 1 is 0.339 bits per heavy atom. The number of hydrogen-bond acceptors (Lipinski definition) is 2. The summed E-state index contributed by atoms with van der Waals surface area (Å²) >= 11 is 0. The minimum atomic E-state index is 0.880. The summed E-state index contributed by atoms with van der Waals surface area (Å²) < 4.78 is 11.3. The lowest BCUT2D eigenvalue weighted by atomic mass is 9.96. The van der Waals surface area contributed by atoms with E-state index in [-0.39, 0.29) is 0 Å². The molecule has 4 heterocycles. The van der Waals surface area contributed by atoms with Gasteiger partial charge in [-0.1, -0.05) is 121 Å². The molecule has 9 aromatic carbocycles. The van der Waals surface area contributed by atoms with Crippen molar-refractivity contribution in [3.05, 3.63) is 188 Å². The lowest BCUT2D eigenvalue weighted by Crippen LogP contribution is -2.11. The van der Waals surface area contributed by atoms with E-state index in [0.29, 0.717) is 0 Å². The zero-order valence-electron chi connectivity index (χ0n) is 30.1. The monoisotopic (exact) mass is 713 g/mol. The van der Waals surface area contributed by atoms with Crippen LogP contribution in [-0.2, 0) is 0 Å². The van der Waals surface area contributed by atoms with Gasteiger partial charge in [-0.05, 0) is 88.6 Å². The molecule has 4 aromatic heterocycles. The van der Waals surface area contributed by atoms with Gasteiger partial charge in [0, 0.05) is 49.4 Å². The van der Waals surface area contributed by atoms with Gasteiger partial charge in [0.1, 0.15) is 11.2 Å². The van der Waals surface area contributed by atoms with Crippen molar-refractivity contribution in [1.82, 2.24) is 8.80 Å². The summed E-state index contributed by atoms with van der Waals surface area (Å²) in [5, 5.41) is 9.70. The van der Waals surface area contributed by atoms with Crippen LogP contribution in [0.1, 0.15) is 0 Å². The van der Waals surface area contributed by atoms with Gasteiger partial charge in [-0.15, -0.1) is 0 Å². The summed E-state index contributed by atoms with van der Waals surface area (Å²) in [6.45, 7) is 0. The Bertz CT molecular complexity index is 3720. The molecule has 0 aliphatic carbocycles. The van der Waals surface area contributed by atoms with Gasteiger partial charge in [0.05, 0.1) is 33.1 Å². The smallest absolute Gasteiger partial charge is 0.135 e. The third-order valence-electron chi connectivity index (χ3n) is 12.0. The van der Waals surface area contributed by atoms with Crippen LogP contribution in [-0.4, -0.2) is 8.80 Å². The summed E-state index contributed by atoms with van der Waals surface area (Å²) in [6, 6.07) is 68.4. The standard InChI is InChI=1S/C52H31N3O/c1-2-12-32(13-3-1)43-30-36(28-33-14-4-5-15-37(33)43)53(34-23-27-50-44(29-34)40-18-8-11-21-49(40)56-50)35-22-26-47-48(31-35)55-46-20-10-7-17-39(46)42-25-24-41-38-16-6-9-19-45(38)54(47)51(41)52(42)55/h1-31H. The third kappa shape index (κ3) is 3.97. The van der Waals surface area contributed by atoms with Crippen LogP contribution >= 0.6 is 0 Å². The van der Waals surface area contributed by atoms with Crippen LogP contribution in [0.5, 0.6) is 0 Å². The third-order valence-corrected chi connectivity index (χ3v) is 12.0. The summed E-state index contributed by atoms with van der Waals surface area (Å²) in [4.78, 5) is 2.42. The Morgan fingerprint density at radius 3 is 1.70 bits per heavy atom. The Hall–Kier alpha value is -7.56. The molecular formula is C52H31N3O. The van der Waals surface area contributed by atoms with Crippen LogP contribution in [0.3, 0.4) is 0 Å². The number of furan rings is 1. The van der Waals surface area contributed by atoms with Crippen molar-refractivity contribution in [1.29, 1.82) is 0 Å². The van der Waals surface area contributed by atoms with Gasteiger partial charge in [0.2, 0.25) is 0 Å². The molecule has 0 radical (unpaired) electrons. The topological polar surface area (TPSA) is 25.2 Å². The second-order valence-electron chi connectivity index (χ2n) is 14.9.